The number of amides is 1. The van der Waals surface area contributed by atoms with Crippen molar-refractivity contribution in [2.75, 3.05) is 26.7 Å². The zero-order valence-electron chi connectivity index (χ0n) is 17.6. The smallest absolute Gasteiger partial charge is 0.417 e. The topological polar surface area (TPSA) is 108 Å². The van der Waals surface area contributed by atoms with Gasteiger partial charge in [-0.2, -0.15) is 0 Å². The summed E-state index contributed by atoms with van der Waals surface area (Å²) in [7, 11) is 1.62. The zero-order valence-corrected chi connectivity index (χ0v) is 17.6. The van der Waals surface area contributed by atoms with E-state index in [1.165, 1.54) is 0 Å². The third-order valence-electron chi connectivity index (χ3n) is 5.86. The van der Waals surface area contributed by atoms with Crippen LogP contribution in [0.2, 0.25) is 0 Å². The number of carbonyl (C=O) groups is 1. The molecule has 1 aliphatic rings. The number of rotatable bonds is 7. The summed E-state index contributed by atoms with van der Waals surface area (Å²) in [5.74, 6) is -0.309. The van der Waals surface area contributed by atoms with E-state index in [1.54, 1.807) is 25.3 Å². The Bertz CT molecular complexity index is 1100. The fourth-order valence-electron chi connectivity index (χ4n) is 3.99. The van der Waals surface area contributed by atoms with Crippen LogP contribution >= 0.6 is 0 Å². The second kappa shape index (κ2) is 8.95. The summed E-state index contributed by atoms with van der Waals surface area (Å²) in [5.41, 5.74) is 2.79. The van der Waals surface area contributed by atoms with Gasteiger partial charge in [0.1, 0.15) is 5.75 Å². The molecule has 1 amide bonds. The Morgan fingerprint density at radius 1 is 1.29 bits per heavy atom. The Balaban J connectivity index is 1.53. The molecule has 2 unspecified atom stereocenters. The van der Waals surface area contributed by atoms with E-state index in [9.17, 15) is 14.7 Å². The van der Waals surface area contributed by atoms with Crippen LogP contribution in [0.5, 0.6) is 5.75 Å². The number of fused-ring (bicyclic) bond motifs is 1. The number of benzene rings is 2. The molecule has 4 rings (SSSR count). The molecule has 0 saturated carbocycles. The molecule has 1 aromatic heterocycles. The van der Waals surface area contributed by atoms with Gasteiger partial charge in [0.15, 0.2) is 5.58 Å². The average Bonchev–Trinajstić information content (AvgIpc) is 3.35. The molecule has 1 saturated heterocycles. The lowest BCUT2D eigenvalue weighted by Crippen LogP contribution is -2.39. The summed E-state index contributed by atoms with van der Waals surface area (Å²) in [5, 5.41) is 13.0. The molecule has 0 aliphatic carbocycles. The van der Waals surface area contributed by atoms with Gasteiger partial charge in [-0.05, 0) is 48.7 Å². The van der Waals surface area contributed by atoms with Crippen molar-refractivity contribution in [3.8, 4) is 5.75 Å². The molecule has 2 aromatic carbocycles. The predicted octanol–water partition coefficient (Wildman–Crippen LogP) is 2.16. The van der Waals surface area contributed by atoms with Gasteiger partial charge in [0.05, 0.1) is 30.7 Å². The van der Waals surface area contributed by atoms with E-state index in [-0.39, 0.29) is 18.1 Å². The molecule has 2 heterocycles. The van der Waals surface area contributed by atoms with E-state index >= 15 is 0 Å². The summed E-state index contributed by atoms with van der Waals surface area (Å²) in [6.07, 6.45) is 0.415. The SMILES string of the molecule is COc1ccc([C@@H](CN2CCC(O)C2)NC(=O)C(C)c2ccc3oc(=O)[nH]c3c2)cc1. The van der Waals surface area contributed by atoms with E-state index in [0.717, 1.165) is 29.8 Å². The number of ether oxygens (including phenoxy) is 1. The average molecular weight is 425 g/mol. The van der Waals surface area contributed by atoms with Gasteiger partial charge in [0.2, 0.25) is 5.91 Å². The number of H-pyrrole nitrogens is 1. The number of methoxy groups -OCH3 is 1. The van der Waals surface area contributed by atoms with Crippen molar-refractivity contribution in [1.29, 1.82) is 0 Å². The molecule has 1 fully saturated rings. The van der Waals surface area contributed by atoms with Gasteiger partial charge in [0, 0.05) is 19.6 Å². The third kappa shape index (κ3) is 4.81. The first-order valence-corrected chi connectivity index (χ1v) is 10.4. The Morgan fingerprint density at radius 3 is 2.71 bits per heavy atom. The highest BCUT2D eigenvalue weighted by molar-refractivity contribution is 5.85. The Hall–Kier alpha value is -3.10. The van der Waals surface area contributed by atoms with Gasteiger partial charge in [-0.15, -0.1) is 0 Å². The summed E-state index contributed by atoms with van der Waals surface area (Å²) in [4.78, 5) is 29.3. The molecular formula is C23H27N3O5. The Labute approximate surface area is 179 Å². The number of likely N-dealkylation sites (tertiary alicyclic amines) is 1. The van der Waals surface area contributed by atoms with Crippen molar-refractivity contribution in [1.82, 2.24) is 15.2 Å². The maximum absolute atomic E-state index is 13.1. The first kappa shape index (κ1) is 21.1. The van der Waals surface area contributed by atoms with Crippen LogP contribution in [0.4, 0.5) is 0 Å². The highest BCUT2D eigenvalue weighted by atomic mass is 16.5. The molecular weight excluding hydrogens is 398 g/mol. The van der Waals surface area contributed by atoms with Gasteiger partial charge in [-0.25, -0.2) is 4.79 Å². The second-order valence-electron chi connectivity index (χ2n) is 8.03. The van der Waals surface area contributed by atoms with Crippen LogP contribution in [0.1, 0.15) is 36.4 Å². The van der Waals surface area contributed by atoms with Gasteiger partial charge in [-0.1, -0.05) is 18.2 Å². The highest BCUT2D eigenvalue weighted by Gasteiger charge is 2.26. The molecule has 0 radical (unpaired) electrons. The number of aromatic amines is 1. The maximum Gasteiger partial charge on any atom is 0.417 e. The van der Waals surface area contributed by atoms with Crippen molar-refractivity contribution in [3.05, 3.63) is 64.1 Å². The van der Waals surface area contributed by atoms with Crippen LogP contribution in [0.25, 0.3) is 11.1 Å². The number of nitrogens with zero attached hydrogens (tertiary/aromatic N) is 1. The molecule has 164 valence electrons. The van der Waals surface area contributed by atoms with Gasteiger partial charge < -0.3 is 19.6 Å². The number of hydrogen-bond donors (Lipinski definition) is 3. The molecule has 8 nitrogen and oxygen atoms in total. The summed E-state index contributed by atoms with van der Waals surface area (Å²) in [6, 6.07) is 12.7. The van der Waals surface area contributed by atoms with Crippen LogP contribution in [0.3, 0.4) is 0 Å². The second-order valence-corrected chi connectivity index (χ2v) is 8.03. The van der Waals surface area contributed by atoms with Gasteiger partial charge >= 0.3 is 5.76 Å². The molecule has 3 atom stereocenters. The van der Waals surface area contributed by atoms with E-state index in [2.05, 4.69) is 15.2 Å². The largest absolute Gasteiger partial charge is 0.497 e. The van der Waals surface area contributed by atoms with Crippen molar-refractivity contribution in [2.24, 2.45) is 0 Å². The standard InChI is InChI=1S/C23H27N3O5/c1-14(16-5-8-21-19(11-16)25-23(29)31-21)22(28)24-20(13-26-10-9-17(27)12-26)15-3-6-18(30-2)7-4-15/h3-8,11,14,17,20,27H,9-10,12-13H2,1-2H3,(H,24,28)(H,25,29)/t14?,17?,20-/m1/s1. The first-order valence-electron chi connectivity index (χ1n) is 10.4. The Kier molecular flexibility index (Phi) is 6.11. The normalized spacial score (nSPS) is 18.7. The number of nitrogens with one attached hydrogen (secondary N) is 2. The molecule has 8 heteroatoms. The maximum atomic E-state index is 13.1. The van der Waals surface area contributed by atoms with Crippen molar-refractivity contribution in [2.45, 2.75) is 31.4 Å². The minimum atomic E-state index is -0.517. The molecule has 1 aliphatic heterocycles. The predicted molar refractivity (Wildman–Crippen MR) is 116 cm³/mol. The van der Waals surface area contributed by atoms with E-state index in [0.29, 0.717) is 24.2 Å². The number of oxazole rings is 1. The number of aromatic nitrogens is 1. The number of β-amino-alcohol motifs (C(OH)–C–C–N with tert-alkyl or cyclic N) is 1. The van der Waals surface area contributed by atoms with Crippen molar-refractivity contribution < 1.29 is 19.1 Å². The summed E-state index contributed by atoms with van der Waals surface area (Å²) < 4.78 is 10.3. The van der Waals surface area contributed by atoms with Crippen LogP contribution in [-0.4, -0.2) is 53.7 Å². The van der Waals surface area contributed by atoms with E-state index in [4.69, 9.17) is 9.15 Å². The molecule has 3 N–H and O–H groups in total. The molecule has 0 spiro atoms. The van der Waals surface area contributed by atoms with Crippen molar-refractivity contribution in [3.63, 3.8) is 0 Å². The number of aliphatic hydroxyl groups is 1. The summed E-state index contributed by atoms with van der Waals surface area (Å²) >= 11 is 0. The number of aliphatic hydroxyl groups excluding tert-OH is 1. The van der Waals surface area contributed by atoms with Crippen LogP contribution in [0.15, 0.2) is 51.7 Å². The molecule has 3 aromatic rings. The third-order valence-corrected chi connectivity index (χ3v) is 5.86. The minimum absolute atomic E-state index is 0.120. The molecule has 0 bridgehead atoms. The lowest BCUT2D eigenvalue weighted by Gasteiger charge is -2.26. The van der Waals surface area contributed by atoms with Crippen LogP contribution in [-0.2, 0) is 4.79 Å². The van der Waals surface area contributed by atoms with Crippen molar-refractivity contribution >= 4 is 17.0 Å². The quantitative estimate of drug-likeness (QED) is 0.535. The van der Waals surface area contributed by atoms with Gasteiger partial charge in [0.25, 0.3) is 0 Å². The molecule has 31 heavy (non-hydrogen) atoms. The fraction of sp³-hybridized carbons (Fsp3) is 0.391. The lowest BCUT2D eigenvalue weighted by molar-refractivity contribution is -0.123. The van der Waals surface area contributed by atoms with Crippen LogP contribution < -0.4 is 15.8 Å². The monoisotopic (exact) mass is 425 g/mol. The fourth-order valence-corrected chi connectivity index (χ4v) is 3.99. The number of hydrogen-bond acceptors (Lipinski definition) is 6. The van der Waals surface area contributed by atoms with E-state index in [1.807, 2.05) is 31.2 Å². The first-order chi connectivity index (χ1) is 14.9. The van der Waals surface area contributed by atoms with Crippen LogP contribution in [0, 0.1) is 0 Å². The number of carbonyl (C=O) groups excluding carboxylic acids is 1. The van der Waals surface area contributed by atoms with E-state index < -0.39 is 11.7 Å². The Morgan fingerprint density at radius 2 is 2.03 bits per heavy atom. The van der Waals surface area contributed by atoms with Gasteiger partial charge in [-0.3, -0.25) is 14.7 Å². The minimum Gasteiger partial charge on any atom is -0.497 e. The summed E-state index contributed by atoms with van der Waals surface area (Å²) in [6.45, 7) is 3.83. The zero-order chi connectivity index (χ0) is 22.0. The highest BCUT2D eigenvalue weighted by Crippen LogP contribution is 2.24. The lowest BCUT2D eigenvalue weighted by atomic mass is 9.98.